The lowest BCUT2D eigenvalue weighted by molar-refractivity contribution is -0.101. The van der Waals surface area contributed by atoms with Crippen molar-refractivity contribution in [1.82, 2.24) is 0 Å². The molecule has 12 heavy (non-hydrogen) atoms. The van der Waals surface area contributed by atoms with E-state index < -0.39 is 0 Å². The fourth-order valence-electron chi connectivity index (χ4n) is 2.21. The van der Waals surface area contributed by atoms with E-state index in [1.807, 2.05) is 0 Å². The standard InChI is InChI=1S/C10H21NO/c1-4-9(2,3)10(7-11)5-8(12)6-10/h8,12H,4-7,11H2,1-3H3. The average Bonchev–Trinajstić information content (AvgIpc) is 1.98. The maximum atomic E-state index is 9.32. The summed E-state index contributed by atoms with van der Waals surface area (Å²) in [5.74, 6) is 0. The summed E-state index contributed by atoms with van der Waals surface area (Å²) in [5, 5.41) is 9.32. The molecule has 1 aliphatic carbocycles. The predicted molar refractivity (Wildman–Crippen MR) is 50.8 cm³/mol. The Labute approximate surface area is 75.2 Å². The molecule has 1 aliphatic rings. The van der Waals surface area contributed by atoms with E-state index in [1.165, 1.54) is 0 Å². The van der Waals surface area contributed by atoms with Gasteiger partial charge in [-0.3, -0.25) is 0 Å². The van der Waals surface area contributed by atoms with Gasteiger partial charge in [-0.2, -0.15) is 0 Å². The maximum Gasteiger partial charge on any atom is 0.0552 e. The quantitative estimate of drug-likeness (QED) is 0.676. The molecule has 72 valence electrons. The Morgan fingerprint density at radius 3 is 2.25 bits per heavy atom. The minimum absolute atomic E-state index is 0.0978. The number of aliphatic hydroxyl groups is 1. The topological polar surface area (TPSA) is 46.2 Å². The number of aliphatic hydroxyl groups excluding tert-OH is 1. The van der Waals surface area contributed by atoms with Crippen molar-refractivity contribution in [2.45, 2.75) is 46.1 Å². The van der Waals surface area contributed by atoms with Crippen LogP contribution in [0.2, 0.25) is 0 Å². The van der Waals surface area contributed by atoms with Gasteiger partial charge in [-0.15, -0.1) is 0 Å². The molecule has 1 fully saturated rings. The van der Waals surface area contributed by atoms with E-state index in [-0.39, 0.29) is 16.9 Å². The van der Waals surface area contributed by atoms with Crippen LogP contribution in [0.3, 0.4) is 0 Å². The lowest BCUT2D eigenvalue weighted by Gasteiger charge is -2.55. The lowest BCUT2D eigenvalue weighted by atomic mass is 9.52. The first-order chi connectivity index (χ1) is 5.47. The predicted octanol–water partition coefficient (Wildman–Crippen LogP) is 1.52. The first-order valence-electron chi connectivity index (χ1n) is 4.85. The molecular weight excluding hydrogens is 150 g/mol. The van der Waals surface area contributed by atoms with Crippen LogP contribution in [0.1, 0.15) is 40.0 Å². The van der Waals surface area contributed by atoms with Gasteiger partial charge in [0.1, 0.15) is 0 Å². The highest BCUT2D eigenvalue weighted by Crippen LogP contribution is 2.54. The van der Waals surface area contributed by atoms with Gasteiger partial charge in [-0.25, -0.2) is 0 Å². The third-order valence-corrected chi connectivity index (χ3v) is 3.96. The van der Waals surface area contributed by atoms with Crippen molar-refractivity contribution in [2.75, 3.05) is 6.54 Å². The number of hydrogen-bond acceptors (Lipinski definition) is 2. The largest absolute Gasteiger partial charge is 0.393 e. The fraction of sp³-hybridized carbons (Fsp3) is 1.00. The molecule has 1 rings (SSSR count). The van der Waals surface area contributed by atoms with Gasteiger partial charge < -0.3 is 10.8 Å². The normalized spacial score (nSPS) is 36.2. The van der Waals surface area contributed by atoms with Crippen LogP contribution < -0.4 is 5.73 Å². The van der Waals surface area contributed by atoms with Crippen LogP contribution in [-0.2, 0) is 0 Å². The van der Waals surface area contributed by atoms with Gasteiger partial charge in [0.2, 0.25) is 0 Å². The van der Waals surface area contributed by atoms with Gasteiger partial charge in [0.25, 0.3) is 0 Å². The van der Waals surface area contributed by atoms with Crippen LogP contribution in [0.5, 0.6) is 0 Å². The fourth-order valence-corrected chi connectivity index (χ4v) is 2.21. The molecule has 0 unspecified atom stereocenters. The highest BCUT2D eigenvalue weighted by Gasteiger charge is 2.51. The molecule has 0 aromatic heterocycles. The lowest BCUT2D eigenvalue weighted by Crippen LogP contribution is -2.54. The Morgan fingerprint density at radius 1 is 1.50 bits per heavy atom. The van der Waals surface area contributed by atoms with Gasteiger partial charge in [0, 0.05) is 0 Å². The summed E-state index contributed by atoms with van der Waals surface area (Å²) in [6.45, 7) is 7.42. The van der Waals surface area contributed by atoms with Crippen LogP contribution in [-0.4, -0.2) is 17.8 Å². The molecule has 0 atom stereocenters. The third-order valence-electron chi connectivity index (χ3n) is 3.96. The summed E-state index contributed by atoms with van der Waals surface area (Å²) in [7, 11) is 0. The first-order valence-corrected chi connectivity index (χ1v) is 4.85. The zero-order valence-corrected chi connectivity index (χ0v) is 8.43. The van der Waals surface area contributed by atoms with Crippen molar-refractivity contribution in [2.24, 2.45) is 16.6 Å². The maximum absolute atomic E-state index is 9.32. The van der Waals surface area contributed by atoms with Gasteiger partial charge >= 0.3 is 0 Å². The molecule has 0 radical (unpaired) electrons. The molecule has 0 aliphatic heterocycles. The van der Waals surface area contributed by atoms with Crippen LogP contribution in [0.25, 0.3) is 0 Å². The number of rotatable bonds is 3. The van der Waals surface area contributed by atoms with E-state index in [1.54, 1.807) is 0 Å². The molecule has 2 heteroatoms. The van der Waals surface area contributed by atoms with Crippen LogP contribution in [0.4, 0.5) is 0 Å². The number of nitrogens with two attached hydrogens (primary N) is 1. The zero-order chi connectivity index (χ0) is 9.41. The second-order valence-corrected chi connectivity index (χ2v) is 4.78. The molecule has 0 aromatic rings. The first kappa shape index (κ1) is 10.0. The Hall–Kier alpha value is -0.0800. The van der Waals surface area contributed by atoms with Gasteiger partial charge in [0.05, 0.1) is 6.10 Å². The van der Waals surface area contributed by atoms with Crippen molar-refractivity contribution in [3.05, 3.63) is 0 Å². The average molecular weight is 171 g/mol. The molecule has 3 N–H and O–H groups in total. The van der Waals surface area contributed by atoms with E-state index >= 15 is 0 Å². The van der Waals surface area contributed by atoms with E-state index in [0.717, 1.165) is 19.3 Å². The summed E-state index contributed by atoms with van der Waals surface area (Å²) < 4.78 is 0. The van der Waals surface area contributed by atoms with Gasteiger partial charge in [0.15, 0.2) is 0 Å². The van der Waals surface area contributed by atoms with Crippen molar-refractivity contribution < 1.29 is 5.11 Å². The summed E-state index contributed by atoms with van der Waals surface area (Å²) in [6, 6.07) is 0. The van der Waals surface area contributed by atoms with Crippen molar-refractivity contribution in [3.8, 4) is 0 Å². The molecule has 0 heterocycles. The van der Waals surface area contributed by atoms with Crippen LogP contribution >= 0.6 is 0 Å². The second kappa shape index (κ2) is 3.00. The van der Waals surface area contributed by atoms with Crippen LogP contribution in [0.15, 0.2) is 0 Å². The number of hydrogen-bond donors (Lipinski definition) is 2. The Bertz CT molecular complexity index is 159. The summed E-state index contributed by atoms with van der Waals surface area (Å²) in [5.41, 5.74) is 6.27. The Balaban J connectivity index is 2.69. The third kappa shape index (κ3) is 1.27. The minimum atomic E-state index is -0.0978. The van der Waals surface area contributed by atoms with Crippen molar-refractivity contribution in [1.29, 1.82) is 0 Å². The van der Waals surface area contributed by atoms with E-state index in [4.69, 9.17) is 5.73 Å². The Morgan fingerprint density at radius 2 is 2.00 bits per heavy atom. The zero-order valence-electron chi connectivity index (χ0n) is 8.43. The van der Waals surface area contributed by atoms with E-state index in [0.29, 0.717) is 6.54 Å². The van der Waals surface area contributed by atoms with E-state index in [9.17, 15) is 5.11 Å². The Kier molecular flexibility index (Phi) is 2.50. The van der Waals surface area contributed by atoms with Crippen LogP contribution in [0, 0.1) is 10.8 Å². The van der Waals surface area contributed by atoms with Crippen molar-refractivity contribution in [3.63, 3.8) is 0 Å². The molecule has 0 bridgehead atoms. The van der Waals surface area contributed by atoms with Gasteiger partial charge in [-0.1, -0.05) is 27.2 Å². The van der Waals surface area contributed by atoms with E-state index in [2.05, 4.69) is 20.8 Å². The van der Waals surface area contributed by atoms with Crippen molar-refractivity contribution >= 4 is 0 Å². The summed E-state index contributed by atoms with van der Waals surface area (Å²) in [4.78, 5) is 0. The molecular formula is C10H21NO. The monoisotopic (exact) mass is 171 g/mol. The molecule has 0 spiro atoms. The molecule has 0 amide bonds. The molecule has 1 saturated carbocycles. The summed E-state index contributed by atoms with van der Waals surface area (Å²) >= 11 is 0. The highest BCUT2D eigenvalue weighted by atomic mass is 16.3. The molecule has 2 nitrogen and oxygen atoms in total. The molecule has 0 saturated heterocycles. The molecule has 0 aromatic carbocycles. The summed E-state index contributed by atoms with van der Waals surface area (Å²) in [6.07, 6.45) is 2.82. The minimum Gasteiger partial charge on any atom is -0.393 e. The highest BCUT2D eigenvalue weighted by molar-refractivity contribution is 5.02. The SMILES string of the molecule is CCC(C)(C)C1(CN)CC(O)C1. The second-order valence-electron chi connectivity index (χ2n) is 4.78. The smallest absolute Gasteiger partial charge is 0.0552 e. The van der Waals surface area contributed by atoms with Gasteiger partial charge in [-0.05, 0) is 30.2 Å².